The van der Waals surface area contributed by atoms with Crippen LogP contribution >= 0.6 is 0 Å². The Morgan fingerprint density at radius 1 is 1.17 bits per heavy atom. The molecule has 0 saturated carbocycles. The van der Waals surface area contributed by atoms with Gasteiger partial charge in [0.25, 0.3) is 0 Å². The van der Waals surface area contributed by atoms with Crippen LogP contribution in [0.3, 0.4) is 0 Å². The molecule has 0 aromatic carbocycles. The summed E-state index contributed by atoms with van der Waals surface area (Å²) >= 11 is 0. The zero-order valence-corrected chi connectivity index (χ0v) is 14.9. The van der Waals surface area contributed by atoms with Crippen LogP contribution in [-0.4, -0.2) is 67.2 Å². The lowest BCUT2D eigenvalue weighted by molar-refractivity contribution is 0.230. The van der Waals surface area contributed by atoms with Crippen LogP contribution in [0.15, 0.2) is 17.3 Å². The summed E-state index contributed by atoms with van der Waals surface area (Å²) in [4.78, 5) is 0.179. The van der Waals surface area contributed by atoms with E-state index in [1.807, 2.05) is 6.92 Å². The van der Waals surface area contributed by atoms with Crippen molar-refractivity contribution in [2.45, 2.75) is 37.2 Å². The average molecular weight is 362 g/mol. The van der Waals surface area contributed by atoms with Gasteiger partial charge >= 0.3 is 0 Å². The third kappa shape index (κ3) is 3.17. The Bertz CT molecular complexity index is 787. The molecule has 2 atom stereocenters. The fourth-order valence-corrected chi connectivity index (χ4v) is 5.95. The molecule has 2 bridgehead atoms. The van der Waals surface area contributed by atoms with Gasteiger partial charge in [-0.1, -0.05) is 0 Å². The number of sulfonamides is 2. The van der Waals surface area contributed by atoms with Gasteiger partial charge in [0.1, 0.15) is 4.90 Å². The number of hydrogen-bond donors (Lipinski definition) is 0. The first-order valence-electron chi connectivity index (χ1n) is 7.71. The number of hydrogen-bond acceptors (Lipinski definition) is 5. The Morgan fingerprint density at radius 3 is 2.52 bits per heavy atom. The van der Waals surface area contributed by atoms with Crippen molar-refractivity contribution < 1.29 is 16.8 Å². The molecule has 1 aromatic heterocycles. The van der Waals surface area contributed by atoms with E-state index in [4.69, 9.17) is 0 Å². The average Bonchev–Trinajstić information content (AvgIpc) is 2.77. The minimum atomic E-state index is -3.65. The van der Waals surface area contributed by atoms with Gasteiger partial charge in [-0.3, -0.25) is 4.68 Å². The maximum atomic E-state index is 12.9. The summed E-state index contributed by atoms with van der Waals surface area (Å²) in [5, 5.41) is 4.04. The van der Waals surface area contributed by atoms with Crippen LogP contribution in [0.25, 0.3) is 0 Å². The molecule has 3 saturated heterocycles. The van der Waals surface area contributed by atoms with Crippen molar-refractivity contribution in [2.24, 2.45) is 5.92 Å². The van der Waals surface area contributed by atoms with Gasteiger partial charge in [0, 0.05) is 38.4 Å². The van der Waals surface area contributed by atoms with E-state index in [9.17, 15) is 16.8 Å². The molecule has 0 spiro atoms. The number of fused-ring (bicyclic) bond motifs is 4. The molecule has 3 aliphatic heterocycles. The second-order valence-corrected chi connectivity index (χ2v) is 10.2. The van der Waals surface area contributed by atoms with Crippen molar-refractivity contribution >= 4 is 20.0 Å². The van der Waals surface area contributed by atoms with Crippen LogP contribution in [-0.2, 0) is 26.6 Å². The highest BCUT2D eigenvalue weighted by Crippen LogP contribution is 2.33. The molecule has 0 radical (unpaired) electrons. The first kappa shape index (κ1) is 16.9. The molecule has 10 heteroatoms. The number of rotatable bonds is 4. The molecule has 4 rings (SSSR count). The first-order valence-corrected chi connectivity index (χ1v) is 11.0. The third-order valence-corrected chi connectivity index (χ3v) is 7.75. The minimum absolute atomic E-state index is 0.0412. The summed E-state index contributed by atoms with van der Waals surface area (Å²) in [5.74, 6) is 0.0412. The van der Waals surface area contributed by atoms with Crippen molar-refractivity contribution in [1.29, 1.82) is 0 Å². The van der Waals surface area contributed by atoms with Crippen molar-refractivity contribution in [2.75, 3.05) is 25.9 Å². The topological polar surface area (TPSA) is 92.6 Å². The van der Waals surface area contributed by atoms with Crippen LogP contribution in [0.4, 0.5) is 0 Å². The molecular formula is C13H22N4O4S2. The standard InChI is InChI=1S/C13H22N4O4S2/c1-3-15-10-13(6-14-15)23(20,21)17-8-11-4-5-12(17)9-16(7-11)22(2,18)19/h6,10-12H,3-5,7-9H2,1-2H3/t11-,12+/m0/s1. The lowest BCUT2D eigenvalue weighted by Gasteiger charge is -2.34. The molecule has 3 fully saturated rings. The van der Waals surface area contributed by atoms with E-state index in [1.54, 1.807) is 4.68 Å². The zero-order chi connectivity index (χ0) is 16.8. The predicted octanol–water partition coefficient (Wildman–Crippen LogP) is -0.0525. The van der Waals surface area contributed by atoms with E-state index >= 15 is 0 Å². The van der Waals surface area contributed by atoms with E-state index in [0.29, 0.717) is 26.1 Å². The second kappa shape index (κ2) is 5.83. The minimum Gasteiger partial charge on any atom is -0.272 e. The van der Waals surface area contributed by atoms with Gasteiger partial charge in [0.2, 0.25) is 20.0 Å². The smallest absolute Gasteiger partial charge is 0.246 e. The SMILES string of the molecule is CCn1cc(S(=O)(=O)N2C[C@H]3CC[C@@H]2CN(S(C)(=O)=O)C3)cn1. The number of piperidine rings is 1. The number of aromatic nitrogens is 2. The molecule has 0 N–H and O–H groups in total. The molecule has 0 aliphatic carbocycles. The lowest BCUT2D eigenvalue weighted by atomic mass is 9.97. The van der Waals surface area contributed by atoms with Crippen LogP contribution in [0.5, 0.6) is 0 Å². The van der Waals surface area contributed by atoms with Crippen molar-refractivity contribution in [3.8, 4) is 0 Å². The molecular weight excluding hydrogens is 340 g/mol. The number of nitrogens with zero attached hydrogens (tertiary/aromatic N) is 4. The summed E-state index contributed by atoms with van der Waals surface area (Å²) in [5.41, 5.74) is 0. The molecule has 23 heavy (non-hydrogen) atoms. The van der Waals surface area contributed by atoms with Crippen LogP contribution in [0.2, 0.25) is 0 Å². The van der Waals surface area contributed by atoms with Gasteiger partial charge in [0.05, 0.1) is 12.5 Å². The van der Waals surface area contributed by atoms with Gasteiger partial charge in [-0.25, -0.2) is 21.1 Å². The van der Waals surface area contributed by atoms with Crippen molar-refractivity contribution in [3.63, 3.8) is 0 Å². The predicted molar refractivity (Wildman–Crippen MR) is 84.7 cm³/mol. The molecule has 4 heterocycles. The zero-order valence-electron chi connectivity index (χ0n) is 13.3. The molecule has 1 aromatic rings. The van der Waals surface area contributed by atoms with Gasteiger partial charge < -0.3 is 0 Å². The normalized spacial score (nSPS) is 27.2. The van der Waals surface area contributed by atoms with Gasteiger partial charge in [-0.15, -0.1) is 0 Å². The Balaban J connectivity index is 1.92. The third-order valence-electron chi connectivity index (χ3n) is 4.64. The molecule has 3 aliphatic rings. The van der Waals surface area contributed by atoms with Crippen LogP contribution in [0, 0.1) is 5.92 Å². The Morgan fingerprint density at radius 2 is 1.91 bits per heavy atom. The Labute approximate surface area is 137 Å². The fraction of sp³-hybridized carbons (Fsp3) is 0.769. The molecule has 0 amide bonds. The quantitative estimate of drug-likeness (QED) is 0.749. The summed E-state index contributed by atoms with van der Waals surface area (Å²) in [7, 11) is -6.96. The van der Waals surface area contributed by atoms with Gasteiger partial charge in [-0.05, 0) is 25.7 Å². The molecule has 0 unspecified atom stereocenters. The number of aryl methyl sites for hydroxylation is 1. The highest BCUT2D eigenvalue weighted by Gasteiger charge is 2.43. The Kier molecular flexibility index (Phi) is 4.28. The highest BCUT2D eigenvalue weighted by atomic mass is 32.2. The first-order chi connectivity index (χ1) is 10.7. The molecule has 130 valence electrons. The van der Waals surface area contributed by atoms with Crippen molar-refractivity contribution in [1.82, 2.24) is 18.4 Å². The van der Waals surface area contributed by atoms with Gasteiger partial charge in [-0.2, -0.15) is 9.40 Å². The summed E-state index contributed by atoms with van der Waals surface area (Å²) < 4.78 is 54.1. The van der Waals surface area contributed by atoms with E-state index in [1.165, 1.54) is 27.3 Å². The highest BCUT2D eigenvalue weighted by molar-refractivity contribution is 7.89. The summed E-state index contributed by atoms with van der Waals surface area (Å²) in [6.45, 7) is 3.49. The maximum Gasteiger partial charge on any atom is 0.246 e. The fourth-order valence-electron chi connectivity index (χ4n) is 3.35. The lowest BCUT2D eigenvalue weighted by Crippen LogP contribution is -2.47. The van der Waals surface area contributed by atoms with Crippen LogP contribution < -0.4 is 0 Å². The van der Waals surface area contributed by atoms with E-state index in [-0.39, 0.29) is 23.4 Å². The van der Waals surface area contributed by atoms with E-state index < -0.39 is 20.0 Å². The van der Waals surface area contributed by atoms with E-state index in [2.05, 4.69) is 5.10 Å². The van der Waals surface area contributed by atoms with Crippen molar-refractivity contribution in [3.05, 3.63) is 12.4 Å². The second-order valence-electron chi connectivity index (χ2n) is 6.28. The summed E-state index contributed by atoms with van der Waals surface area (Å²) in [6.07, 6.45) is 5.63. The maximum absolute atomic E-state index is 12.9. The van der Waals surface area contributed by atoms with Gasteiger partial charge in [0.15, 0.2) is 0 Å². The Hall–Kier alpha value is -0.970. The van der Waals surface area contributed by atoms with E-state index in [0.717, 1.165) is 6.42 Å². The van der Waals surface area contributed by atoms with Crippen LogP contribution in [0.1, 0.15) is 19.8 Å². The molecule has 8 nitrogen and oxygen atoms in total. The monoisotopic (exact) mass is 362 g/mol. The summed E-state index contributed by atoms with van der Waals surface area (Å²) in [6, 6.07) is -0.307. The largest absolute Gasteiger partial charge is 0.272 e.